The number of aryl methyl sites for hydroxylation is 1. The smallest absolute Gasteiger partial charge is 0.255 e. The molecule has 0 aliphatic carbocycles. The number of benzene rings is 1. The average molecular weight is 313 g/mol. The average Bonchev–Trinajstić information content (AvgIpc) is 2.74. The standard InChI is InChI=1S/C12H12INO/c1-9-5-4-6-10(11(9)13)12(15)14-7-2-3-8-14/h2-6H,7-8H2,1H3. The minimum absolute atomic E-state index is 0.133. The van der Waals surface area contributed by atoms with E-state index in [1.807, 2.05) is 42.2 Å². The zero-order valence-electron chi connectivity index (χ0n) is 8.53. The van der Waals surface area contributed by atoms with E-state index in [0.717, 1.165) is 27.8 Å². The molecule has 0 unspecified atom stereocenters. The largest absolute Gasteiger partial charge is 0.331 e. The summed E-state index contributed by atoms with van der Waals surface area (Å²) in [4.78, 5) is 13.9. The molecule has 0 bridgehead atoms. The van der Waals surface area contributed by atoms with E-state index in [-0.39, 0.29) is 5.91 Å². The number of hydrogen-bond acceptors (Lipinski definition) is 1. The van der Waals surface area contributed by atoms with Gasteiger partial charge in [-0.05, 0) is 41.1 Å². The van der Waals surface area contributed by atoms with Gasteiger partial charge in [0.2, 0.25) is 0 Å². The number of amides is 1. The lowest BCUT2D eigenvalue weighted by molar-refractivity contribution is 0.0799. The van der Waals surface area contributed by atoms with Gasteiger partial charge in [0.1, 0.15) is 0 Å². The Bertz CT molecular complexity index is 418. The van der Waals surface area contributed by atoms with Gasteiger partial charge in [-0.15, -0.1) is 0 Å². The van der Waals surface area contributed by atoms with E-state index in [0.29, 0.717) is 0 Å². The van der Waals surface area contributed by atoms with Gasteiger partial charge < -0.3 is 4.90 Å². The van der Waals surface area contributed by atoms with Crippen LogP contribution in [0.2, 0.25) is 0 Å². The van der Waals surface area contributed by atoms with E-state index >= 15 is 0 Å². The fraction of sp³-hybridized carbons (Fsp3) is 0.250. The summed E-state index contributed by atoms with van der Waals surface area (Å²) in [6, 6.07) is 5.87. The van der Waals surface area contributed by atoms with Crippen molar-refractivity contribution in [3.8, 4) is 0 Å². The minimum atomic E-state index is 0.133. The van der Waals surface area contributed by atoms with E-state index in [1.54, 1.807) is 0 Å². The van der Waals surface area contributed by atoms with Crippen molar-refractivity contribution in [2.75, 3.05) is 13.1 Å². The van der Waals surface area contributed by atoms with E-state index in [1.165, 1.54) is 0 Å². The molecule has 1 heterocycles. The molecule has 78 valence electrons. The van der Waals surface area contributed by atoms with Gasteiger partial charge in [-0.3, -0.25) is 4.79 Å². The molecule has 0 radical (unpaired) electrons. The topological polar surface area (TPSA) is 20.3 Å². The Morgan fingerprint density at radius 1 is 1.33 bits per heavy atom. The second-order valence-electron chi connectivity index (χ2n) is 3.62. The van der Waals surface area contributed by atoms with Gasteiger partial charge in [-0.1, -0.05) is 24.3 Å². The molecule has 3 heteroatoms. The quantitative estimate of drug-likeness (QED) is 0.576. The maximum Gasteiger partial charge on any atom is 0.255 e. The Morgan fingerprint density at radius 3 is 2.67 bits per heavy atom. The zero-order chi connectivity index (χ0) is 10.8. The van der Waals surface area contributed by atoms with Crippen LogP contribution < -0.4 is 0 Å². The minimum Gasteiger partial charge on any atom is -0.331 e. The van der Waals surface area contributed by atoms with Crippen LogP contribution in [0, 0.1) is 10.5 Å². The second-order valence-corrected chi connectivity index (χ2v) is 4.70. The highest BCUT2D eigenvalue weighted by atomic mass is 127. The van der Waals surface area contributed by atoms with Gasteiger partial charge in [0.05, 0.1) is 5.56 Å². The van der Waals surface area contributed by atoms with Crippen molar-refractivity contribution < 1.29 is 4.79 Å². The fourth-order valence-electron chi connectivity index (χ4n) is 1.63. The van der Waals surface area contributed by atoms with Crippen LogP contribution in [-0.4, -0.2) is 23.9 Å². The number of nitrogens with zero attached hydrogens (tertiary/aromatic N) is 1. The Hall–Kier alpha value is -0.840. The van der Waals surface area contributed by atoms with Crippen LogP contribution in [0.15, 0.2) is 30.4 Å². The summed E-state index contributed by atoms with van der Waals surface area (Å²) in [6.45, 7) is 3.51. The van der Waals surface area contributed by atoms with Crippen molar-refractivity contribution >= 4 is 28.5 Å². The Kier molecular flexibility index (Phi) is 3.09. The highest BCUT2D eigenvalue weighted by Gasteiger charge is 2.18. The highest BCUT2D eigenvalue weighted by molar-refractivity contribution is 14.1. The zero-order valence-corrected chi connectivity index (χ0v) is 10.7. The SMILES string of the molecule is Cc1cccc(C(=O)N2CC=CC2)c1I. The Morgan fingerprint density at radius 2 is 2.00 bits per heavy atom. The third-order valence-corrected chi connectivity index (χ3v) is 3.96. The second kappa shape index (κ2) is 4.35. The Labute approximate surface area is 103 Å². The number of halogens is 1. The van der Waals surface area contributed by atoms with Gasteiger partial charge in [-0.2, -0.15) is 0 Å². The van der Waals surface area contributed by atoms with Crippen LogP contribution >= 0.6 is 22.6 Å². The molecule has 1 aromatic rings. The fourth-order valence-corrected chi connectivity index (χ4v) is 2.22. The van der Waals surface area contributed by atoms with Gasteiger partial charge in [-0.25, -0.2) is 0 Å². The lowest BCUT2D eigenvalue weighted by Crippen LogP contribution is -2.28. The lowest BCUT2D eigenvalue weighted by Gasteiger charge is -2.16. The highest BCUT2D eigenvalue weighted by Crippen LogP contribution is 2.19. The first-order valence-electron chi connectivity index (χ1n) is 4.89. The van der Waals surface area contributed by atoms with Crippen LogP contribution in [0.3, 0.4) is 0 Å². The molecule has 1 aromatic carbocycles. The summed E-state index contributed by atoms with van der Waals surface area (Å²) >= 11 is 2.24. The molecule has 0 saturated heterocycles. The third kappa shape index (κ3) is 2.07. The maximum absolute atomic E-state index is 12.1. The van der Waals surface area contributed by atoms with Crippen LogP contribution in [-0.2, 0) is 0 Å². The molecular formula is C12H12INO. The molecule has 0 saturated carbocycles. The molecule has 0 spiro atoms. The van der Waals surface area contributed by atoms with Crippen molar-refractivity contribution in [3.63, 3.8) is 0 Å². The van der Waals surface area contributed by atoms with Gasteiger partial charge >= 0.3 is 0 Å². The first kappa shape index (κ1) is 10.7. The van der Waals surface area contributed by atoms with E-state index < -0.39 is 0 Å². The van der Waals surface area contributed by atoms with Gasteiger partial charge in [0, 0.05) is 16.7 Å². The molecule has 1 aliphatic rings. The van der Waals surface area contributed by atoms with Gasteiger partial charge in [0.15, 0.2) is 0 Å². The summed E-state index contributed by atoms with van der Waals surface area (Å²) in [7, 11) is 0. The normalized spacial score (nSPS) is 14.7. The van der Waals surface area contributed by atoms with Gasteiger partial charge in [0.25, 0.3) is 5.91 Å². The van der Waals surface area contributed by atoms with E-state index in [2.05, 4.69) is 22.6 Å². The molecule has 0 N–H and O–H groups in total. The molecule has 15 heavy (non-hydrogen) atoms. The van der Waals surface area contributed by atoms with Crippen molar-refractivity contribution in [3.05, 3.63) is 45.0 Å². The van der Waals surface area contributed by atoms with Crippen LogP contribution in [0.1, 0.15) is 15.9 Å². The molecule has 1 amide bonds. The summed E-state index contributed by atoms with van der Waals surface area (Å²) in [5.74, 6) is 0.133. The van der Waals surface area contributed by atoms with E-state index in [9.17, 15) is 4.79 Å². The number of hydrogen-bond donors (Lipinski definition) is 0. The number of rotatable bonds is 1. The van der Waals surface area contributed by atoms with Crippen molar-refractivity contribution in [1.29, 1.82) is 0 Å². The summed E-state index contributed by atoms with van der Waals surface area (Å²) in [6.07, 6.45) is 4.06. The molecule has 2 rings (SSSR count). The monoisotopic (exact) mass is 313 g/mol. The first-order valence-corrected chi connectivity index (χ1v) is 5.97. The van der Waals surface area contributed by atoms with Crippen LogP contribution in [0.25, 0.3) is 0 Å². The van der Waals surface area contributed by atoms with Crippen molar-refractivity contribution in [2.45, 2.75) is 6.92 Å². The number of carbonyl (C=O) groups is 1. The Balaban J connectivity index is 2.29. The predicted molar refractivity (Wildman–Crippen MR) is 68.9 cm³/mol. The number of carbonyl (C=O) groups excluding carboxylic acids is 1. The molecular weight excluding hydrogens is 301 g/mol. The first-order chi connectivity index (χ1) is 7.20. The summed E-state index contributed by atoms with van der Waals surface area (Å²) in [5, 5.41) is 0. The predicted octanol–water partition coefficient (Wildman–Crippen LogP) is 2.61. The molecule has 0 aromatic heterocycles. The van der Waals surface area contributed by atoms with Crippen LogP contribution in [0.4, 0.5) is 0 Å². The molecule has 2 nitrogen and oxygen atoms in total. The maximum atomic E-state index is 12.1. The lowest BCUT2D eigenvalue weighted by atomic mass is 10.1. The summed E-state index contributed by atoms with van der Waals surface area (Å²) in [5.41, 5.74) is 1.98. The van der Waals surface area contributed by atoms with Crippen molar-refractivity contribution in [2.24, 2.45) is 0 Å². The van der Waals surface area contributed by atoms with E-state index in [4.69, 9.17) is 0 Å². The molecule has 0 fully saturated rings. The van der Waals surface area contributed by atoms with Crippen molar-refractivity contribution in [1.82, 2.24) is 4.90 Å². The summed E-state index contributed by atoms with van der Waals surface area (Å²) < 4.78 is 1.06. The van der Waals surface area contributed by atoms with Crippen LogP contribution in [0.5, 0.6) is 0 Å². The molecule has 1 aliphatic heterocycles. The molecule has 0 atom stereocenters. The third-order valence-electron chi connectivity index (χ3n) is 2.53.